The Balaban J connectivity index is 1.12. The van der Waals surface area contributed by atoms with Gasteiger partial charge in [0.1, 0.15) is 22.4 Å². The van der Waals surface area contributed by atoms with Crippen molar-refractivity contribution in [1.82, 2.24) is 14.8 Å². The molecule has 166 valence electrons. The Bertz CT molecular complexity index is 1120. The minimum atomic E-state index is -0.202. The van der Waals surface area contributed by atoms with Gasteiger partial charge in [-0.05, 0) is 49.4 Å². The molecular formula is C24H26FN5OS. The fraction of sp³-hybridized carbons (Fsp3) is 0.333. The zero-order chi connectivity index (χ0) is 22.1. The standard InChI is InChI=1S/C24H26FN5OS/c25-17-6-8-18(9-7-17)29-14-12-28(13-15-29)10-3-11-30-16-20(31)22(23(30)26)24-27-19-4-1-2-5-21(19)32-24/h1-2,4-9,26,31H,3,10-16H2. The normalized spacial score (nSPS) is 17.7. The summed E-state index contributed by atoms with van der Waals surface area (Å²) in [7, 11) is 0. The van der Waals surface area contributed by atoms with Crippen LogP contribution >= 0.6 is 11.3 Å². The maximum Gasteiger partial charge on any atom is 0.135 e. The molecule has 0 amide bonds. The number of nitrogens with one attached hydrogen (secondary N) is 1. The number of anilines is 1. The lowest BCUT2D eigenvalue weighted by molar-refractivity contribution is 0.244. The Kier molecular flexibility index (Phi) is 5.80. The van der Waals surface area contributed by atoms with E-state index in [0.29, 0.717) is 23.0 Å². The lowest BCUT2D eigenvalue weighted by Gasteiger charge is -2.36. The number of thiazole rings is 1. The van der Waals surface area contributed by atoms with Crippen molar-refractivity contribution in [3.63, 3.8) is 0 Å². The van der Waals surface area contributed by atoms with Crippen LogP contribution in [-0.2, 0) is 0 Å². The second kappa shape index (κ2) is 8.88. The molecule has 2 aliphatic heterocycles. The first-order valence-corrected chi connectivity index (χ1v) is 11.7. The summed E-state index contributed by atoms with van der Waals surface area (Å²) in [5, 5.41) is 19.8. The molecule has 0 radical (unpaired) electrons. The van der Waals surface area contributed by atoms with Gasteiger partial charge in [0.2, 0.25) is 0 Å². The van der Waals surface area contributed by atoms with Crippen LogP contribution in [0.25, 0.3) is 15.8 Å². The number of aliphatic hydroxyl groups excluding tert-OH is 1. The lowest BCUT2D eigenvalue weighted by atomic mass is 10.2. The van der Waals surface area contributed by atoms with Gasteiger partial charge in [0.15, 0.2) is 0 Å². The average Bonchev–Trinajstić information content (AvgIpc) is 3.34. The highest BCUT2D eigenvalue weighted by Gasteiger charge is 2.30. The number of para-hydroxylation sites is 1. The number of piperazine rings is 1. The first-order valence-electron chi connectivity index (χ1n) is 10.9. The average molecular weight is 452 g/mol. The number of amidine groups is 1. The number of benzene rings is 2. The Labute approximate surface area is 190 Å². The highest BCUT2D eigenvalue weighted by atomic mass is 32.1. The van der Waals surface area contributed by atoms with Crippen molar-refractivity contribution < 1.29 is 9.50 Å². The van der Waals surface area contributed by atoms with Gasteiger partial charge in [-0.1, -0.05) is 12.1 Å². The predicted octanol–water partition coefficient (Wildman–Crippen LogP) is 4.21. The van der Waals surface area contributed by atoms with Crippen molar-refractivity contribution in [3.05, 3.63) is 65.1 Å². The van der Waals surface area contributed by atoms with E-state index in [4.69, 9.17) is 5.41 Å². The summed E-state index contributed by atoms with van der Waals surface area (Å²) >= 11 is 1.52. The molecule has 0 spiro atoms. The molecule has 0 unspecified atom stereocenters. The molecule has 2 aromatic carbocycles. The molecule has 6 nitrogen and oxygen atoms in total. The molecule has 3 heterocycles. The molecule has 32 heavy (non-hydrogen) atoms. The van der Waals surface area contributed by atoms with Crippen LogP contribution in [0.2, 0.25) is 0 Å². The van der Waals surface area contributed by atoms with Crippen LogP contribution in [0.3, 0.4) is 0 Å². The van der Waals surface area contributed by atoms with E-state index in [1.165, 1.54) is 23.5 Å². The zero-order valence-electron chi connectivity index (χ0n) is 17.8. The monoisotopic (exact) mass is 451 g/mol. The fourth-order valence-electron chi connectivity index (χ4n) is 4.40. The first-order chi connectivity index (χ1) is 15.6. The van der Waals surface area contributed by atoms with Gasteiger partial charge in [-0.2, -0.15) is 0 Å². The molecule has 5 rings (SSSR count). The third kappa shape index (κ3) is 4.20. The van der Waals surface area contributed by atoms with Crippen LogP contribution in [-0.4, -0.2) is 71.5 Å². The number of nitrogens with zero attached hydrogens (tertiary/aromatic N) is 4. The van der Waals surface area contributed by atoms with Crippen LogP contribution < -0.4 is 4.90 Å². The van der Waals surface area contributed by atoms with E-state index in [1.54, 1.807) is 0 Å². The summed E-state index contributed by atoms with van der Waals surface area (Å²) in [4.78, 5) is 11.3. The highest BCUT2D eigenvalue weighted by molar-refractivity contribution is 7.19. The van der Waals surface area contributed by atoms with Gasteiger partial charge in [0.05, 0.1) is 22.3 Å². The van der Waals surface area contributed by atoms with E-state index in [2.05, 4.69) is 14.8 Å². The minimum absolute atomic E-state index is 0.202. The first kappa shape index (κ1) is 20.9. The van der Waals surface area contributed by atoms with Gasteiger partial charge >= 0.3 is 0 Å². The Morgan fingerprint density at radius 1 is 1.00 bits per heavy atom. The van der Waals surface area contributed by atoms with Crippen LogP contribution in [0.4, 0.5) is 10.1 Å². The fourth-order valence-corrected chi connectivity index (χ4v) is 5.43. The van der Waals surface area contributed by atoms with Crippen molar-refractivity contribution in [1.29, 1.82) is 5.41 Å². The molecule has 2 N–H and O–H groups in total. The number of aliphatic hydroxyl groups is 1. The summed E-state index contributed by atoms with van der Waals surface area (Å²) in [6, 6.07) is 14.6. The summed E-state index contributed by atoms with van der Waals surface area (Å²) in [5.41, 5.74) is 2.54. The zero-order valence-corrected chi connectivity index (χ0v) is 18.6. The van der Waals surface area contributed by atoms with E-state index in [0.717, 1.165) is 61.6 Å². The second-order valence-corrected chi connectivity index (χ2v) is 9.27. The smallest absolute Gasteiger partial charge is 0.135 e. The van der Waals surface area contributed by atoms with Crippen LogP contribution in [0.1, 0.15) is 11.4 Å². The van der Waals surface area contributed by atoms with Crippen molar-refractivity contribution in [2.45, 2.75) is 6.42 Å². The Hall–Kier alpha value is -2.97. The minimum Gasteiger partial charge on any atom is -0.510 e. The quantitative estimate of drug-likeness (QED) is 0.588. The van der Waals surface area contributed by atoms with Crippen molar-refractivity contribution in [2.24, 2.45) is 0 Å². The van der Waals surface area contributed by atoms with Crippen molar-refractivity contribution in [3.8, 4) is 0 Å². The van der Waals surface area contributed by atoms with Gasteiger partial charge in [-0.15, -0.1) is 11.3 Å². The Morgan fingerprint density at radius 3 is 2.50 bits per heavy atom. The van der Waals surface area contributed by atoms with Gasteiger partial charge in [0, 0.05) is 38.4 Å². The van der Waals surface area contributed by atoms with E-state index in [-0.39, 0.29) is 11.6 Å². The van der Waals surface area contributed by atoms with E-state index in [9.17, 15) is 9.50 Å². The van der Waals surface area contributed by atoms with E-state index >= 15 is 0 Å². The number of fused-ring (bicyclic) bond motifs is 1. The number of hydrogen-bond donors (Lipinski definition) is 2. The van der Waals surface area contributed by atoms with Crippen LogP contribution in [0.15, 0.2) is 54.3 Å². The summed E-state index contributed by atoms with van der Waals surface area (Å²) in [6.07, 6.45) is 0.930. The SMILES string of the molecule is N=C1C(c2nc3ccccc3s2)=C(O)CN1CCCN1CCN(c2ccc(F)cc2)CC1. The molecule has 8 heteroatoms. The topological polar surface area (TPSA) is 66.7 Å². The van der Waals surface area contributed by atoms with Gasteiger partial charge in [0.25, 0.3) is 0 Å². The number of aromatic nitrogens is 1. The van der Waals surface area contributed by atoms with Gasteiger partial charge < -0.3 is 14.9 Å². The summed E-state index contributed by atoms with van der Waals surface area (Å²) in [5.74, 6) is 0.399. The number of halogens is 1. The molecule has 0 aliphatic carbocycles. The molecule has 0 atom stereocenters. The molecule has 3 aromatic rings. The van der Waals surface area contributed by atoms with E-state index < -0.39 is 0 Å². The molecule has 1 fully saturated rings. The number of hydrogen-bond acceptors (Lipinski definition) is 6. The molecule has 1 aromatic heterocycles. The number of rotatable bonds is 6. The second-order valence-electron chi connectivity index (χ2n) is 8.24. The molecule has 0 saturated carbocycles. The molecule has 0 bridgehead atoms. The third-order valence-electron chi connectivity index (χ3n) is 6.16. The van der Waals surface area contributed by atoms with Gasteiger partial charge in [-0.25, -0.2) is 9.37 Å². The summed E-state index contributed by atoms with van der Waals surface area (Å²) in [6.45, 7) is 5.85. The highest BCUT2D eigenvalue weighted by Crippen LogP contribution is 2.33. The Morgan fingerprint density at radius 2 is 1.75 bits per heavy atom. The molecule has 2 aliphatic rings. The third-order valence-corrected chi connectivity index (χ3v) is 7.21. The van der Waals surface area contributed by atoms with Crippen molar-refractivity contribution >= 4 is 38.6 Å². The maximum atomic E-state index is 13.1. The molecular weight excluding hydrogens is 425 g/mol. The maximum absolute atomic E-state index is 13.1. The van der Waals surface area contributed by atoms with E-state index in [1.807, 2.05) is 41.3 Å². The lowest BCUT2D eigenvalue weighted by Crippen LogP contribution is -2.47. The van der Waals surface area contributed by atoms with Crippen LogP contribution in [0.5, 0.6) is 0 Å². The summed E-state index contributed by atoms with van der Waals surface area (Å²) < 4.78 is 14.2. The van der Waals surface area contributed by atoms with Gasteiger partial charge in [-0.3, -0.25) is 10.3 Å². The van der Waals surface area contributed by atoms with Crippen LogP contribution in [0, 0.1) is 11.2 Å². The largest absolute Gasteiger partial charge is 0.510 e. The van der Waals surface area contributed by atoms with Crippen molar-refractivity contribution in [2.75, 3.05) is 50.7 Å². The predicted molar refractivity (Wildman–Crippen MR) is 128 cm³/mol. The molecule has 1 saturated heterocycles.